The second kappa shape index (κ2) is 34.3. The first-order valence-corrected chi connectivity index (χ1v) is 27.2. The van der Waals surface area contributed by atoms with Gasteiger partial charge in [0.25, 0.3) is 0 Å². The van der Waals surface area contributed by atoms with Crippen LogP contribution >= 0.6 is 63.7 Å². The highest BCUT2D eigenvalue weighted by atomic mass is 79.9. The van der Waals surface area contributed by atoms with E-state index in [0.29, 0.717) is 32.2 Å². The summed E-state index contributed by atoms with van der Waals surface area (Å²) in [6.45, 7) is 0.784. The van der Waals surface area contributed by atoms with Crippen LogP contribution in [-0.4, -0.2) is 177 Å². The summed E-state index contributed by atoms with van der Waals surface area (Å²) in [5.74, 6) is -22.3. The average molecular weight is 1390 g/mol. The Labute approximate surface area is 486 Å². The molecule has 0 saturated carbocycles. The maximum Gasteiger partial charge on any atom is 0.326 e. The average Bonchev–Trinajstić information content (AvgIpc) is 3.82. The Morgan fingerprint density at radius 3 is 1.10 bits per heavy atom. The minimum absolute atomic E-state index is 0.164. The molecule has 35 heteroatoms. The number of halogens is 4. The van der Waals surface area contributed by atoms with Gasteiger partial charge in [0, 0.05) is 21.9 Å². The maximum atomic E-state index is 13.6. The lowest BCUT2D eigenvalue weighted by atomic mass is 10.1. The highest BCUT2D eigenvalue weighted by Crippen LogP contribution is 2.43. The summed E-state index contributed by atoms with van der Waals surface area (Å²) in [6, 6.07) is -14.8. The minimum Gasteiger partial charge on any atom is -0.481 e. The third-order valence-corrected chi connectivity index (χ3v) is 16.0. The quantitative estimate of drug-likeness (QED) is 0.0237. The van der Waals surface area contributed by atoms with Gasteiger partial charge in [0.1, 0.15) is 47.8 Å². The first kappa shape index (κ1) is 69.3. The van der Waals surface area contributed by atoms with Crippen molar-refractivity contribution in [3.8, 4) is 0 Å². The number of carboxylic acid groups (broad SMARTS) is 7. The molecule has 0 bridgehead atoms. The number of nitrogens with zero attached hydrogens (tertiary/aromatic N) is 2. The van der Waals surface area contributed by atoms with Crippen LogP contribution in [0.3, 0.4) is 0 Å². The molecule has 2 aromatic rings. The SMILES string of the molecule is NCCCC[C@H](NC(=O)[C@H](CC(=O)O)NC(=O)[C@H](CC(=O)O)NC(=O)[C@H](CC(=O)O)NC(=O)[C@H](CC(=O)O)NC(=O)[C@H](CC(=O)O)NC(=O)[C@@H](CC(=O)O)NC(=O)CCCCCCCn1cnc2c(Br)c(Br)c(Br)c(Br)c21)C(=O)O. The Hall–Kier alpha value is -6.85. The van der Waals surface area contributed by atoms with Crippen LogP contribution in [0.15, 0.2) is 24.2 Å². The summed E-state index contributed by atoms with van der Waals surface area (Å²) in [4.78, 5) is 180. The summed E-state index contributed by atoms with van der Waals surface area (Å²) in [5.41, 5.74) is 7.01. The molecular weight excluding hydrogens is 1340 g/mol. The van der Waals surface area contributed by atoms with Crippen LogP contribution in [0.25, 0.3) is 11.0 Å². The van der Waals surface area contributed by atoms with E-state index in [1.807, 2.05) is 31.2 Å². The Bertz CT molecular complexity index is 2680. The first-order valence-electron chi connectivity index (χ1n) is 24.0. The van der Waals surface area contributed by atoms with Crippen LogP contribution in [0, 0.1) is 0 Å². The Kier molecular flexibility index (Phi) is 29.7. The number of carbonyl (C=O) groups excluding carboxylic acids is 7. The third kappa shape index (κ3) is 23.9. The lowest BCUT2D eigenvalue weighted by Crippen LogP contribution is -2.61. The Balaban J connectivity index is 2.20. The van der Waals surface area contributed by atoms with Gasteiger partial charge in [-0.2, -0.15) is 0 Å². The molecule has 2 rings (SSSR count). The van der Waals surface area contributed by atoms with Crippen LogP contribution in [0.1, 0.15) is 96.3 Å². The summed E-state index contributed by atoms with van der Waals surface area (Å²) in [7, 11) is 0. The summed E-state index contributed by atoms with van der Waals surface area (Å²) in [6.07, 6.45) is -2.81. The van der Waals surface area contributed by atoms with Gasteiger partial charge in [0.15, 0.2) is 0 Å². The summed E-state index contributed by atoms with van der Waals surface area (Å²) in [5, 5.41) is 80.3. The van der Waals surface area contributed by atoms with Gasteiger partial charge in [-0.05, 0) is 102 Å². The molecule has 16 N–H and O–H groups in total. The van der Waals surface area contributed by atoms with Crippen molar-refractivity contribution in [3.05, 3.63) is 24.2 Å². The van der Waals surface area contributed by atoms with Gasteiger partial charge in [0.05, 0.1) is 59.3 Å². The van der Waals surface area contributed by atoms with E-state index < -0.39 is 164 Å². The van der Waals surface area contributed by atoms with Crippen LogP contribution < -0.4 is 43.0 Å². The maximum absolute atomic E-state index is 13.6. The number of hydrogen-bond acceptors (Lipinski definition) is 16. The molecule has 0 saturated heterocycles. The van der Waals surface area contributed by atoms with E-state index in [2.05, 4.69) is 74.0 Å². The number of unbranched alkanes of at least 4 members (excludes halogenated alkanes) is 5. The van der Waals surface area contributed by atoms with E-state index in [0.717, 1.165) is 41.8 Å². The molecule has 0 aliphatic heterocycles. The number of fused-ring (bicyclic) bond motifs is 1. The predicted octanol–water partition coefficient (Wildman–Crippen LogP) is -0.118. The number of nitrogens with two attached hydrogens (primary N) is 1. The van der Waals surface area contributed by atoms with E-state index in [-0.39, 0.29) is 25.8 Å². The van der Waals surface area contributed by atoms with Crippen molar-refractivity contribution in [3.63, 3.8) is 0 Å². The van der Waals surface area contributed by atoms with Crippen molar-refractivity contribution in [2.75, 3.05) is 6.54 Å². The number of benzene rings is 1. The van der Waals surface area contributed by atoms with Crippen molar-refractivity contribution >= 4 is 158 Å². The lowest BCUT2D eigenvalue weighted by Gasteiger charge is -2.26. The number of carbonyl (C=O) groups is 14. The van der Waals surface area contributed by atoms with E-state index in [9.17, 15) is 103 Å². The molecule has 0 fully saturated rings. The zero-order valence-corrected chi connectivity index (χ0v) is 48.3. The second-order valence-electron chi connectivity index (χ2n) is 17.6. The van der Waals surface area contributed by atoms with Crippen LogP contribution in [0.5, 0.6) is 0 Å². The van der Waals surface area contributed by atoms with Crippen LogP contribution in [0.2, 0.25) is 0 Å². The van der Waals surface area contributed by atoms with E-state index in [1.165, 1.54) is 0 Å². The number of carboxylic acids is 7. The van der Waals surface area contributed by atoms with Gasteiger partial charge in [-0.3, -0.25) is 62.3 Å². The molecule has 1 heterocycles. The molecule has 7 atom stereocenters. The van der Waals surface area contributed by atoms with Gasteiger partial charge in [0.2, 0.25) is 41.4 Å². The number of amides is 7. The number of imidazole rings is 1. The molecule has 0 unspecified atom stereocenters. The fraction of sp³-hybridized carbons (Fsp3) is 0.533. The first-order chi connectivity index (χ1) is 37.5. The molecule has 0 spiro atoms. The number of aliphatic carboxylic acids is 7. The van der Waals surface area contributed by atoms with Crippen LogP contribution in [0.4, 0.5) is 0 Å². The van der Waals surface area contributed by atoms with Gasteiger partial charge in [-0.15, -0.1) is 0 Å². The molecule has 1 aromatic carbocycles. The van der Waals surface area contributed by atoms with Crippen molar-refractivity contribution in [1.82, 2.24) is 46.8 Å². The normalized spacial score (nSPS) is 13.6. The third-order valence-electron chi connectivity index (χ3n) is 11.3. The van der Waals surface area contributed by atoms with Gasteiger partial charge in [-0.1, -0.05) is 19.3 Å². The standard InChI is InChI=1S/C45H58Br4N10O21/c46-33-34(47)36(49)38-37(35(33)48)51-18-59(38)11-7-3-1-2-4-9-26(60)52-20(12-27(61)62)39(73)54-22(14-29(65)66)41(75)56-24(16-31(69)70)43(77)58-25(17-32(71)72)44(78)57-23(15-30(67)68)42(76)55-21(13-28(63)64)40(74)53-19(45(79)80)8-5-6-10-50/h18-25H,1-17,50H2,(H,52,60)(H,53,74)(H,54,73)(H,55,76)(H,56,75)(H,57,78)(H,58,77)(H,61,62)(H,63,64)(H,65,66)(H,67,68)(H,69,70)(H,71,72)(H,79,80)/t19-,20+,21-,22-,23-,24-,25-/m0/s1. The molecule has 7 amide bonds. The van der Waals surface area contributed by atoms with Gasteiger partial charge >= 0.3 is 41.8 Å². The summed E-state index contributed by atoms with van der Waals surface area (Å²) >= 11 is 14.2. The summed E-state index contributed by atoms with van der Waals surface area (Å²) < 4.78 is 5.13. The molecule has 1 aromatic heterocycles. The molecule has 0 aliphatic rings. The van der Waals surface area contributed by atoms with E-state index in [1.54, 1.807) is 11.6 Å². The smallest absolute Gasteiger partial charge is 0.326 e. The lowest BCUT2D eigenvalue weighted by molar-refractivity contribution is -0.145. The largest absolute Gasteiger partial charge is 0.481 e. The minimum atomic E-state index is -2.36. The van der Waals surface area contributed by atoms with E-state index >= 15 is 0 Å². The Morgan fingerprint density at radius 2 is 0.750 bits per heavy atom. The molecule has 442 valence electrons. The fourth-order valence-corrected chi connectivity index (χ4v) is 9.80. The van der Waals surface area contributed by atoms with Crippen molar-refractivity contribution in [2.24, 2.45) is 5.73 Å². The second-order valence-corrected chi connectivity index (χ2v) is 20.8. The molecule has 31 nitrogen and oxygen atoms in total. The number of rotatable bonds is 38. The van der Waals surface area contributed by atoms with E-state index in [4.69, 9.17) is 5.73 Å². The number of aromatic nitrogens is 2. The molecule has 0 radical (unpaired) electrons. The van der Waals surface area contributed by atoms with Crippen molar-refractivity contribution in [1.29, 1.82) is 0 Å². The monoisotopic (exact) mass is 1390 g/mol. The number of nitrogens with one attached hydrogen (secondary N) is 7. The molecule has 80 heavy (non-hydrogen) atoms. The fourth-order valence-electron chi connectivity index (χ4n) is 7.40. The van der Waals surface area contributed by atoms with Gasteiger partial charge < -0.3 is 83.3 Å². The predicted molar refractivity (Wildman–Crippen MR) is 286 cm³/mol. The Morgan fingerprint density at radius 1 is 0.425 bits per heavy atom. The van der Waals surface area contributed by atoms with Crippen molar-refractivity contribution in [2.45, 2.75) is 145 Å². The number of aryl methyl sites for hydroxylation is 1. The zero-order valence-electron chi connectivity index (χ0n) is 42.0. The zero-order chi connectivity index (χ0) is 60.6. The molecular formula is C45H58Br4N10O21. The van der Waals surface area contributed by atoms with Crippen molar-refractivity contribution < 1.29 is 103 Å². The highest BCUT2D eigenvalue weighted by Gasteiger charge is 2.37. The highest BCUT2D eigenvalue weighted by molar-refractivity contribution is 9.15. The van der Waals surface area contributed by atoms with Crippen LogP contribution in [-0.2, 0) is 73.7 Å². The number of hydrogen-bond donors (Lipinski definition) is 15. The molecule has 0 aliphatic carbocycles. The topological polar surface area (TPSA) is 509 Å². The van der Waals surface area contributed by atoms with Gasteiger partial charge in [-0.25, -0.2) is 9.78 Å².